The van der Waals surface area contributed by atoms with Crippen molar-refractivity contribution in [3.63, 3.8) is 0 Å². The number of rotatable bonds is 6. The van der Waals surface area contributed by atoms with Crippen LogP contribution in [0.3, 0.4) is 0 Å². The molecule has 0 unspecified atom stereocenters. The lowest BCUT2D eigenvalue weighted by Crippen LogP contribution is -2.13. The lowest BCUT2D eigenvalue weighted by atomic mass is 10.00. The number of benzene rings is 4. The number of oxazole rings is 1. The smallest absolute Gasteiger partial charge is 0.278 e. The zero-order chi connectivity index (χ0) is 24.2. The second-order valence-electron chi connectivity index (χ2n) is 8.37. The van der Waals surface area contributed by atoms with Gasteiger partial charge in [-0.2, -0.15) is 0 Å². The molecule has 0 aliphatic rings. The molecule has 35 heavy (non-hydrogen) atoms. The van der Waals surface area contributed by atoms with Crippen molar-refractivity contribution in [2.75, 3.05) is 24.3 Å². The molecule has 1 heterocycles. The summed E-state index contributed by atoms with van der Waals surface area (Å²) < 4.78 is 6.32. The van der Waals surface area contributed by atoms with E-state index in [2.05, 4.69) is 5.32 Å². The summed E-state index contributed by atoms with van der Waals surface area (Å²) in [5.41, 5.74) is 5.63. The highest BCUT2D eigenvalue weighted by Crippen LogP contribution is 2.36. The lowest BCUT2D eigenvalue weighted by Gasteiger charge is -2.12. The van der Waals surface area contributed by atoms with Crippen LogP contribution in [0, 0.1) is 0 Å². The molecule has 0 spiro atoms. The van der Waals surface area contributed by atoms with E-state index in [0.717, 1.165) is 27.9 Å². The summed E-state index contributed by atoms with van der Waals surface area (Å²) in [5.74, 6) is 0.506. The molecule has 1 aromatic heterocycles. The van der Waals surface area contributed by atoms with Crippen LogP contribution < -0.4 is 10.2 Å². The topological polar surface area (TPSA) is 58.4 Å². The molecule has 5 heteroatoms. The number of carbonyl (C=O) groups is 1. The van der Waals surface area contributed by atoms with E-state index >= 15 is 0 Å². The van der Waals surface area contributed by atoms with Crippen LogP contribution in [0.1, 0.15) is 10.5 Å². The zero-order valence-corrected chi connectivity index (χ0v) is 19.6. The van der Waals surface area contributed by atoms with Crippen LogP contribution in [0.2, 0.25) is 0 Å². The summed E-state index contributed by atoms with van der Waals surface area (Å²) in [4.78, 5) is 20.1. The van der Waals surface area contributed by atoms with E-state index in [4.69, 9.17) is 9.40 Å². The first-order valence-corrected chi connectivity index (χ1v) is 11.4. The van der Waals surface area contributed by atoms with Gasteiger partial charge in [-0.1, -0.05) is 66.7 Å². The first kappa shape index (κ1) is 22.2. The fourth-order valence-electron chi connectivity index (χ4n) is 3.95. The van der Waals surface area contributed by atoms with Crippen molar-refractivity contribution < 1.29 is 9.21 Å². The van der Waals surface area contributed by atoms with E-state index < -0.39 is 0 Å². The standard InChI is InChI=1S/C30H25N3O2/c1-33(2)24-19-17-22(18-20-24)28-27(29(34)31-23-13-7-4-8-14-23)32-30(35-28)26-16-10-9-15-25(26)21-11-5-3-6-12-21/h3-20H,1-2H3,(H,31,34). The second kappa shape index (κ2) is 9.69. The summed E-state index contributed by atoms with van der Waals surface area (Å²) in [6, 6.07) is 35.2. The molecule has 0 radical (unpaired) electrons. The molecule has 5 nitrogen and oxygen atoms in total. The molecule has 5 rings (SSSR count). The van der Waals surface area contributed by atoms with Gasteiger partial charge in [0.2, 0.25) is 5.89 Å². The van der Waals surface area contributed by atoms with Gasteiger partial charge in [0, 0.05) is 36.6 Å². The van der Waals surface area contributed by atoms with Crippen LogP contribution in [-0.4, -0.2) is 25.0 Å². The Kier molecular flexibility index (Phi) is 6.14. The molecule has 1 N–H and O–H groups in total. The van der Waals surface area contributed by atoms with Crippen LogP contribution >= 0.6 is 0 Å². The predicted molar refractivity (Wildman–Crippen MR) is 142 cm³/mol. The highest BCUT2D eigenvalue weighted by Gasteiger charge is 2.24. The summed E-state index contributed by atoms with van der Waals surface area (Å²) >= 11 is 0. The Morgan fingerprint density at radius 2 is 1.31 bits per heavy atom. The molecule has 5 aromatic rings. The number of nitrogens with one attached hydrogen (secondary N) is 1. The van der Waals surface area contributed by atoms with Gasteiger partial charge in [0.15, 0.2) is 11.5 Å². The molecule has 0 aliphatic heterocycles. The number of amides is 1. The van der Waals surface area contributed by atoms with Gasteiger partial charge in [0.1, 0.15) is 0 Å². The third-order valence-corrected chi connectivity index (χ3v) is 5.76. The van der Waals surface area contributed by atoms with Crippen LogP contribution in [0.15, 0.2) is 114 Å². The van der Waals surface area contributed by atoms with E-state index in [1.54, 1.807) is 0 Å². The Morgan fingerprint density at radius 1 is 0.714 bits per heavy atom. The Hall–Kier alpha value is -4.64. The van der Waals surface area contributed by atoms with E-state index in [9.17, 15) is 4.79 Å². The number of carbonyl (C=O) groups excluding carboxylic acids is 1. The Balaban J connectivity index is 1.62. The van der Waals surface area contributed by atoms with Crippen LogP contribution in [0.5, 0.6) is 0 Å². The van der Waals surface area contributed by atoms with Crippen molar-refractivity contribution in [1.29, 1.82) is 0 Å². The van der Waals surface area contributed by atoms with Crippen molar-refractivity contribution in [3.05, 3.63) is 115 Å². The van der Waals surface area contributed by atoms with Gasteiger partial charge in [0.05, 0.1) is 0 Å². The number of aromatic nitrogens is 1. The molecule has 0 bridgehead atoms. The molecule has 0 saturated carbocycles. The number of nitrogens with zero attached hydrogens (tertiary/aromatic N) is 2. The Bertz CT molecular complexity index is 1440. The molecule has 0 saturated heterocycles. The van der Waals surface area contributed by atoms with Crippen molar-refractivity contribution in [2.24, 2.45) is 0 Å². The normalized spacial score (nSPS) is 10.7. The Labute approximate surface area is 204 Å². The first-order valence-electron chi connectivity index (χ1n) is 11.4. The average molecular weight is 460 g/mol. The minimum atomic E-state index is -0.324. The summed E-state index contributed by atoms with van der Waals surface area (Å²) in [6.45, 7) is 0. The quantitative estimate of drug-likeness (QED) is 0.297. The van der Waals surface area contributed by atoms with Crippen molar-refractivity contribution in [2.45, 2.75) is 0 Å². The molecular formula is C30H25N3O2. The van der Waals surface area contributed by atoms with E-state index in [-0.39, 0.29) is 11.6 Å². The van der Waals surface area contributed by atoms with E-state index in [1.807, 2.05) is 128 Å². The first-order chi connectivity index (χ1) is 17.1. The number of para-hydroxylation sites is 1. The number of anilines is 2. The minimum Gasteiger partial charge on any atom is -0.435 e. The van der Waals surface area contributed by atoms with Gasteiger partial charge in [-0.05, 0) is 53.6 Å². The highest BCUT2D eigenvalue weighted by molar-refractivity contribution is 6.07. The minimum absolute atomic E-state index is 0.240. The van der Waals surface area contributed by atoms with E-state index in [1.165, 1.54) is 0 Å². The number of hydrogen-bond donors (Lipinski definition) is 1. The fourth-order valence-corrected chi connectivity index (χ4v) is 3.95. The molecule has 1 amide bonds. The van der Waals surface area contributed by atoms with Gasteiger partial charge in [-0.25, -0.2) is 4.98 Å². The van der Waals surface area contributed by atoms with Crippen LogP contribution in [0.4, 0.5) is 11.4 Å². The number of hydrogen-bond acceptors (Lipinski definition) is 4. The monoisotopic (exact) mass is 459 g/mol. The molecule has 0 aliphatic carbocycles. The lowest BCUT2D eigenvalue weighted by molar-refractivity contribution is 0.102. The maximum atomic E-state index is 13.3. The predicted octanol–water partition coefficient (Wildman–Crippen LogP) is 6.99. The third kappa shape index (κ3) is 4.70. The summed E-state index contributed by atoms with van der Waals surface area (Å²) in [5, 5.41) is 2.94. The largest absolute Gasteiger partial charge is 0.435 e. The van der Waals surface area contributed by atoms with Gasteiger partial charge < -0.3 is 14.6 Å². The van der Waals surface area contributed by atoms with Crippen LogP contribution in [0.25, 0.3) is 33.9 Å². The maximum absolute atomic E-state index is 13.3. The summed E-state index contributed by atoms with van der Waals surface area (Å²) in [6.07, 6.45) is 0. The third-order valence-electron chi connectivity index (χ3n) is 5.76. The Morgan fingerprint density at radius 3 is 1.97 bits per heavy atom. The fraction of sp³-hybridized carbons (Fsp3) is 0.0667. The van der Waals surface area contributed by atoms with Gasteiger partial charge in [-0.3, -0.25) is 4.79 Å². The van der Waals surface area contributed by atoms with Crippen molar-refractivity contribution in [3.8, 4) is 33.9 Å². The molecular weight excluding hydrogens is 434 g/mol. The van der Waals surface area contributed by atoms with Gasteiger partial charge in [0.25, 0.3) is 5.91 Å². The SMILES string of the molecule is CN(C)c1ccc(-c2oc(-c3ccccc3-c3ccccc3)nc2C(=O)Nc2ccccc2)cc1. The molecule has 172 valence electrons. The zero-order valence-electron chi connectivity index (χ0n) is 19.6. The van der Waals surface area contributed by atoms with E-state index in [0.29, 0.717) is 17.3 Å². The maximum Gasteiger partial charge on any atom is 0.278 e. The molecule has 0 fully saturated rings. The molecule has 4 aromatic carbocycles. The average Bonchev–Trinajstić information content (AvgIpc) is 3.35. The van der Waals surface area contributed by atoms with Crippen LogP contribution in [-0.2, 0) is 0 Å². The van der Waals surface area contributed by atoms with Crippen molar-refractivity contribution >= 4 is 17.3 Å². The second-order valence-corrected chi connectivity index (χ2v) is 8.37. The molecule has 0 atom stereocenters. The van der Waals surface area contributed by atoms with Crippen molar-refractivity contribution in [1.82, 2.24) is 4.98 Å². The van der Waals surface area contributed by atoms with Gasteiger partial charge in [-0.15, -0.1) is 0 Å². The van der Waals surface area contributed by atoms with Gasteiger partial charge >= 0.3 is 0 Å². The summed E-state index contributed by atoms with van der Waals surface area (Å²) in [7, 11) is 3.97. The highest BCUT2D eigenvalue weighted by atomic mass is 16.4.